The van der Waals surface area contributed by atoms with Gasteiger partial charge in [0.15, 0.2) is 0 Å². The summed E-state index contributed by atoms with van der Waals surface area (Å²) in [4.78, 5) is 40.2. The van der Waals surface area contributed by atoms with E-state index < -0.39 is 21.8 Å². The third kappa shape index (κ3) is 8.23. The molecule has 1 heterocycles. The van der Waals surface area contributed by atoms with Crippen LogP contribution in [0.25, 0.3) is 0 Å². The lowest BCUT2D eigenvalue weighted by Gasteiger charge is -2.09. The topological polar surface area (TPSA) is 155 Å². The molecule has 0 aliphatic heterocycles. The van der Waals surface area contributed by atoms with Crippen LogP contribution in [0.1, 0.15) is 49.6 Å². The SMILES string of the molecule is O=C(NCCCCc1ccccc1)c1ccc(S(=O)(=O)NC(=O)c2ccc(C(=O)NCCO)nc2)cc1. The fraction of sp³-hybridized carbons (Fsp3) is 0.231. The van der Waals surface area contributed by atoms with Gasteiger partial charge in [-0.05, 0) is 61.2 Å². The van der Waals surface area contributed by atoms with Gasteiger partial charge >= 0.3 is 0 Å². The highest BCUT2D eigenvalue weighted by Crippen LogP contribution is 2.12. The highest BCUT2D eigenvalue weighted by molar-refractivity contribution is 7.90. The molecule has 0 unspecified atom stereocenters. The monoisotopic (exact) mass is 524 g/mol. The molecule has 3 amide bonds. The molecule has 0 saturated heterocycles. The minimum Gasteiger partial charge on any atom is -0.395 e. The number of hydrogen-bond acceptors (Lipinski definition) is 7. The Balaban J connectivity index is 1.50. The van der Waals surface area contributed by atoms with Crippen molar-refractivity contribution in [3.63, 3.8) is 0 Å². The average molecular weight is 525 g/mol. The van der Waals surface area contributed by atoms with Crippen molar-refractivity contribution < 1.29 is 27.9 Å². The van der Waals surface area contributed by atoms with Gasteiger partial charge in [0.2, 0.25) is 0 Å². The van der Waals surface area contributed by atoms with E-state index in [0.717, 1.165) is 25.5 Å². The van der Waals surface area contributed by atoms with E-state index in [1.807, 2.05) is 22.9 Å². The molecule has 0 spiro atoms. The van der Waals surface area contributed by atoms with E-state index in [-0.39, 0.29) is 35.2 Å². The second-order valence-electron chi connectivity index (χ2n) is 8.07. The van der Waals surface area contributed by atoms with E-state index in [0.29, 0.717) is 12.1 Å². The summed E-state index contributed by atoms with van der Waals surface area (Å²) in [6.45, 7) is 0.318. The molecule has 0 aliphatic carbocycles. The first-order valence-electron chi connectivity index (χ1n) is 11.6. The highest BCUT2D eigenvalue weighted by atomic mass is 32.2. The van der Waals surface area contributed by atoms with Crippen molar-refractivity contribution in [3.05, 3.63) is 95.3 Å². The first-order chi connectivity index (χ1) is 17.8. The van der Waals surface area contributed by atoms with Gasteiger partial charge in [0.05, 0.1) is 17.1 Å². The fourth-order valence-electron chi connectivity index (χ4n) is 3.35. The van der Waals surface area contributed by atoms with Crippen molar-refractivity contribution in [2.45, 2.75) is 24.2 Å². The second kappa shape index (κ2) is 13.3. The van der Waals surface area contributed by atoms with E-state index in [1.165, 1.54) is 42.0 Å². The molecule has 37 heavy (non-hydrogen) atoms. The standard InChI is InChI=1S/C26H28N4O6S/c31-17-16-28-26(34)23-14-11-21(18-29-23)25(33)30-37(35,36)22-12-9-20(10-13-22)24(32)27-15-5-4-8-19-6-2-1-3-7-19/h1-3,6-7,9-14,18,31H,4-5,8,15-17H2,(H,27,32)(H,28,34)(H,30,33). The van der Waals surface area contributed by atoms with Crippen molar-refractivity contribution >= 4 is 27.7 Å². The largest absolute Gasteiger partial charge is 0.395 e. The lowest BCUT2D eigenvalue weighted by Crippen LogP contribution is -2.31. The molecule has 194 valence electrons. The van der Waals surface area contributed by atoms with Gasteiger partial charge in [-0.25, -0.2) is 13.1 Å². The Bertz CT molecular complexity index is 1310. The average Bonchev–Trinajstić information content (AvgIpc) is 2.92. The van der Waals surface area contributed by atoms with Crippen LogP contribution in [0.15, 0.2) is 77.8 Å². The zero-order chi connectivity index (χ0) is 26.7. The number of aliphatic hydroxyl groups excluding tert-OH is 1. The minimum absolute atomic E-state index is 0.0120. The summed E-state index contributed by atoms with van der Waals surface area (Å²) in [5.41, 5.74) is 1.49. The number of aliphatic hydroxyl groups is 1. The van der Waals surface area contributed by atoms with Gasteiger partial charge in [-0.3, -0.25) is 19.4 Å². The van der Waals surface area contributed by atoms with Crippen LogP contribution in [-0.4, -0.2) is 55.9 Å². The summed E-state index contributed by atoms with van der Waals surface area (Å²) >= 11 is 0. The Morgan fingerprint density at radius 3 is 2.08 bits per heavy atom. The van der Waals surface area contributed by atoms with Crippen LogP contribution in [0, 0.1) is 0 Å². The van der Waals surface area contributed by atoms with Crippen LogP contribution in [0.5, 0.6) is 0 Å². The maximum absolute atomic E-state index is 12.6. The summed E-state index contributed by atoms with van der Waals surface area (Å²) in [6, 6.07) is 17.8. The van der Waals surface area contributed by atoms with Crippen LogP contribution < -0.4 is 15.4 Å². The van der Waals surface area contributed by atoms with Gasteiger partial charge < -0.3 is 15.7 Å². The van der Waals surface area contributed by atoms with Crippen molar-refractivity contribution in [1.82, 2.24) is 20.3 Å². The van der Waals surface area contributed by atoms with E-state index in [1.54, 1.807) is 0 Å². The molecule has 0 atom stereocenters. The number of hydrogen-bond donors (Lipinski definition) is 4. The molecule has 0 saturated carbocycles. The molecule has 3 rings (SSSR count). The Hall–Kier alpha value is -4.09. The van der Waals surface area contributed by atoms with E-state index in [2.05, 4.69) is 27.8 Å². The minimum atomic E-state index is -4.21. The van der Waals surface area contributed by atoms with Gasteiger partial charge in [-0.1, -0.05) is 30.3 Å². The lowest BCUT2D eigenvalue weighted by atomic mass is 10.1. The van der Waals surface area contributed by atoms with Gasteiger partial charge in [-0.2, -0.15) is 0 Å². The molecule has 1 aromatic heterocycles. The lowest BCUT2D eigenvalue weighted by molar-refractivity contribution is 0.0934. The summed E-state index contributed by atoms with van der Waals surface area (Å²) in [5.74, 6) is -1.78. The summed E-state index contributed by atoms with van der Waals surface area (Å²) in [6.07, 6.45) is 3.74. The number of pyridine rings is 1. The number of aromatic nitrogens is 1. The zero-order valence-corrected chi connectivity index (χ0v) is 20.8. The first-order valence-corrected chi connectivity index (χ1v) is 13.1. The van der Waals surface area contributed by atoms with Gasteiger partial charge in [0, 0.05) is 24.8 Å². The number of unbranched alkanes of at least 4 members (excludes halogenated alkanes) is 1. The molecule has 0 fully saturated rings. The number of aryl methyl sites for hydroxylation is 1. The Kier molecular flexibility index (Phi) is 9.87. The summed E-state index contributed by atoms with van der Waals surface area (Å²) in [5, 5.41) is 14.0. The predicted molar refractivity (Wildman–Crippen MR) is 136 cm³/mol. The molecule has 2 aromatic carbocycles. The molecule has 0 bridgehead atoms. The number of amides is 3. The van der Waals surface area contributed by atoms with Crippen molar-refractivity contribution in [2.24, 2.45) is 0 Å². The van der Waals surface area contributed by atoms with Crippen LogP contribution >= 0.6 is 0 Å². The molecular formula is C26H28N4O6S. The number of benzene rings is 2. The fourth-order valence-corrected chi connectivity index (χ4v) is 4.32. The molecule has 4 N–H and O–H groups in total. The number of sulfonamides is 1. The van der Waals surface area contributed by atoms with E-state index in [9.17, 15) is 22.8 Å². The van der Waals surface area contributed by atoms with Crippen molar-refractivity contribution in [2.75, 3.05) is 19.7 Å². The first kappa shape index (κ1) is 27.5. The normalized spacial score (nSPS) is 10.9. The molecule has 11 heteroatoms. The third-order valence-electron chi connectivity index (χ3n) is 5.33. The van der Waals surface area contributed by atoms with Crippen molar-refractivity contribution in [3.8, 4) is 0 Å². The number of nitrogens with zero attached hydrogens (tertiary/aromatic N) is 1. The number of rotatable bonds is 12. The van der Waals surface area contributed by atoms with Crippen LogP contribution in [-0.2, 0) is 16.4 Å². The summed E-state index contributed by atoms with van der Waals surface area (Å²) < 4.78 is 27.2. The smallest absolute Gasteiger partial charge is 0.269 e. The van der Waals surface area contributed by atoms with Crippen molar-refractivity contribution in [1.29, 1.82) is 0 Å². The van der Waals surface area contributed by atoms with Crippen LogP contribution in [0.4, 0.5) is 0 Å². The van der Waals surface area contributed by atoms with E-state index >= 15 is 0 Å². The van der Waals surface area contributed by atoms with E-state index in [4.69, 9.17) is 5.11 Å². The molecule has 3 aromatic rings. The molecular weight excluding hydrogens is 496 g/mol. The Labute approximate surface area is 215 Å². The second-order valence-corrected chi connectivity index (χ2v) is 9.75. The van der Waals surface area contributed by atoms with Gasteiger partial charge in [0.1, 0.15) is 5.69 Å². The van der Waals surface area contributed by atoms with Crippen LogP contribution in [0.3, 0.4) is 0 Å². The third-order valence-corrected chi connectivity index (χ3v) is 6.68. The number of nitrogens with one attached hydrogen (secondary N) is 3. The Morgan fingerprint density at radius 1 is 0.757 bits per heavy atom. The van der Waals surface area contributed by atoms with Gasteiger partial charge in [-0.15, -0.1) is 0 Å². The molecule has 10 nitrogen and oxygen atoms in total. The quantitative estimate of drug-likeness (QED) is 0.263. The van der Waals surface area contributed by atoms with Gasteiger partial charge in [0.25, 0.3) is 27.7 Å². The highest BCUT2D eigenvalue weighted by Gasteiger charge is 2.20. The zero-order valence-electron chi connectivity index (χ0n) is 20.0. The predicted octanol–water partition coefficient (Wildman–Crippen LogP) is 1.68. The molecule has 0 radical (unpaired) electrons. The maximum atomic E-state index is 12.6. The summed E-state index contributed by atoms with van der Waals surface area (Å²) in [7, 11) is -4.21. The number of carbonyl (C=O) groups excluding carboxylic acids is 3. The molecule has 0 aliphatic rings. The number of carbonyl (C=O) groups is 3. The van der Waals surface area contributed by atoms with Crippen LogP contribution in [0.2, 0.25) is 0 Å². The maximum Gasteiger partial charge on any atom is 0.269 e. The Morgan fingerprint density at radius 2 is 1.43 bits per heavy atom.